The fraction of sp³-hybridized carbons (Fsp3) is 0.529. The summed E-state index contributed by atoms with van der Waals surface area (Å²) in [7, 11) is -1.77. The average Bonchev–Trinajstić information content (AvgIpc) is 2.34. The lowest BCUT2D eigenvalue weighted by molar-refractivity contribution is 0.224. The first-order valence-corrected chi connectivity index (χ1v) is 9.85. The minimum Gasteiger partial charge on any atom is -0.403 e. The Labute approximate surface area is 119 Å². The highest BCUT2D eigenvalue weighted by molar-refractivity contribution is 6.74. The van der Waals surface area contributed by atoms with Gasteiger partial charge < -0.3 is 4.43 Å². The molecule has 0 bridgehead atoms. The molecule has 19 heavy (non-hydrogen) atoms. The van der Waals surface area contributed by atoms with E-state index in [4.69, 9.17) is 10.8 Å². The first-order valence-electron chi connectivity index (χ1n) is 6.94. The van der Waals surface area contributed by atoms with Gasteiger partial charge in [-0.1, -0.05) is 57.0 Å². The number of hydrogen-bond donors (Lipinski definition) is 0. The van der Waals surface area contributed by atoms with E-state index in [0.717, 1.165) is 12.8 Å². The smallest absolute Gasteiger partial charge is 0.193 e. The first kappa shape index (κ1) is 16.0. The maximum absolute atomic E-state index is 6.28. The molecule has 0 saturated carbocycles. The Morgan fingerprint density at radius 1 is 1.21 bits per heavy atom. The van der Waals surface area contributed by atoms with Crippen LogP contribution >= 0.6 is 0 Å². The average molecular weight is 274 g/mol. The number of aryl methyl sites for hydroxylation is 1. The third-order valence-corrected chi connectivity index (χ3v) is 8.45. The van der Waals surface area contributed by atoms with E-state index in [0.29, 0.717) is 0 Å². The molecule has 0 aliphatic heterocycles. The summed E-state index contributed by atoms with van der Waals surface area (Å²) in [6.45, 7) is 11.2. The normalized spacial score (nSPS) is 13.9. The van der Waals surface area contributed by atoms with Crippen molar-refractivity contribution in [3.63, 3.8) is 0 Å². The summed E-state index contributed by atoms with van der Waals surface area (Å²) in [5, 5.41) is 0.203. The molecule has 1 nitrogen and oxygen atoms in total. The van der Waals surface area contributed by atoms with Crippen molar-refractivity contribution in [2.75, 3.05) is 0 Å². The summed E-state index contributed by atoms with van der Waals surface area (Å²) < 4.78 is 6.28. The van der Waals surface area contributed by atoms with Gasteiger partial charge in [-0.15, -0.1) is 6.42 Å². The van der Waals surface area contributed by atoms with Crippen molar-refractivity contribution >= 4 is 8.32 Å². The van der Waals surface area contributed by atoms with Crippen molar-refractivity contribution in [1.82, 2.24) is 0 Å². The molecular formula is C17H26OSi. The Hall–Kier alpha value is -1.04. The van der Waals surface area contributed by atoms with Crippen molar-refractivity contribution in [1.29, 1.82) is 0 Å². The van der Waals surface area contributed by atoms with Crippen LogP contribution in [0, 0.1) is 12.3 Å². The first-order chi connectivity index (χ1) is 8.76. The molecule has 2 heteroatoms. The summed E-state index contributed by atoms with van der Waals surface area (Å²) >= 11 is 0. The zero-order valence-electron chi connectivity index (χ0n) is 12.9. The molecular weight excluding hydrogens is 248 g/mol. The molecule has 1 aromatic rings. The molecule has 0 heterocycles. The van der Waals surface area contributed by atoms with Crippen molar-refractivity contribution in [3.05, 3.63) is 35.9 Å². The number of benzene rings is 1. The van der Waals surface area contributed by atoms with Crippen LogP contribution in [-0.4, -0.2) is 14.4 Å². The van der Waals surface area contributed by atoms with Crippen LogP contribution in [-0.2, 0) is 10.8 Å². The van der Waals surface area contributed by atoms with Crippen molar-refractivity contribution in [2.24, 2.45) is 0 Å². The minimum atomic E-state index is -1.77. The van der Waals surface area contributed by atoms with E-state index in [1.165, 1.54) is 5.56 Å². The predicted molar refractivity (Wildman–Crippen MR) is 85.7 cm³/mol. The zero-order valence-corrected chi connectivity index (χ0v) is 13.9. The van der Waals surface area contributed by atoms with E-state index in [1.54, 1.807) is 0 Å². The molecule has 0 amide bonds. The molecule has 0 spiro atoms. The van der Waals surface area contributed by atoms with E-state index < -0.39 is 8.32 Å². The highest BCUT2D eigenvalue weighted by Crippen LogP contribution is 2.37. The van der Waals surface area contributed by atoms with Crippen LogP contribution in [0.1, 0.15) is 32.8 Å². The Balaban J connectivity index is 2.59. The SMILES string of the molecule is C#CC(CCc1ccccc1)O[Si](C)(C)C(C)(C)C. The maximum atomic E-state index is 6.28. The Kier molecular flexibility index (Phi) is 5.40. The Morgan fingerprint density at radius 2 is 1.79 bits per heavy atom. The molecule has 0 radical (unpaired) electrons. The minimum absolute atomic E-state index is 0.0684. The lowest BCUT2D eigenvalue weighted by Gasteiger charge is -2.38. The second-order valence-corrected chi connectivity index (χ2v) is 11.3. The van der Waals surface area contributed by atoms with E-state index >= 15 is 0 Å². The number of hydrogen-bond acceptors (Lipinski definition) is 1. The molecule has 0 N–H and O–H groups in total. The predicted octanol–water partition coefficient (Wildman–Crippen LogP) is 4.64. The standard InChI is InChI=1S/C17H26OSi/c1-7-16(18-19(5,6)17(2,3)4)14-13-15-11-9-8-10-12-15/h1,8-12,16H,13-14H2,2-6H3. The molecule has 104 valence electrons. The van der Waals surface area contributed by atoms with E-state index in [9.17, 15) is 0 Å². The molecule has 0 fully saturated rings. The van der Waals surface area contributed by atoms with Crippen LogP contribution in [0.25, 0.3) is 0 Å². The van der Waals surface area contributed by atoms with Crippen LogP contribution in [0.15, 0.2) is 30.3 Å². The topological polar surface area (TPSA) is 9.23 Å². The molecule has 1 rings (SSSR count). The van der Waals surface area contributed by atoms with Crippen molar-refractivity contribution in [3.8, 4) is 12.3 Å². The van der Waals surface area contributed by atoms with Crippen LogP contribution in [0.4, 0.5) is 0 Å². The van der Waals surface area contributed by atoms with Crippen LogP contribution < -0.4 is 0 Å². The summed E-state index contributed by atoms with van der Waals surface area (Å²) in [5.74, 6) is 2.81. The molecule has 0 aliphatic carbocycles. The molecule has 0 aliphatic rings. The van der Waals surface area contributed by atoms with Gasteiger partial charge in [0.2, 0.25) is 0 Å². The molecule has 1 unspecified atom stereocenters. The Bertz CT molecular complexity index is 423. The van der Waals surface area contributed by atoms with Gasteiger partial charge in [0.25, 0.3) is 0 Å². The lowest BCUT2D eigenvalue weighted by Crippen LogP contribution is -2.43. The largest absolute Gasteiger partial charge is 0.403 e. The van der Waals surface area contributed by atoms with E-state index in [2.05, 4.69) is 64.1 Å². The van der Waals surface area contributed by atoms with Gasteiger partial charge in [-0.3, -0.25) is 0 Å². The fourth-order valence-corrected chi connectivity index (χ4v) is 2.90. The summed E-state index contributed by atoms with van der Waals surface area (Å²) in [6.07, 6.45) is 7.44. The van der Waals surface area contributed by atoms with Crippen LogP contribution in [0.3, 0.4) is 0 Å². The van der Waals surface area contributed by atoms with Gasteiger partial charge in [-0.25, -0.2) is 0 Å². The van der Waals surface area contributed by atoms with Gasteiger partial charge in [0.15, 0.2) is 8.32 Å². The molecule has 1 atom stereocenters. The van der Waals surface area contributed by atoms with Crippen molar-refractivity contribution < 1.29 is 4.43 Å². The molecule has 0 aromatic heterocycles. The Morgan fingerprint density at radius 3 is 2.26 bits per heavy atom. The van der Waals surface area contributed by atoms with Gasteiger partial charge in [0, 0.05) is 0 Å². The third-order valence-electron chi connectivity index (χ3n) is 3.97. The van der Waals surface area contributed by atoms with Crippen LogP contribution in [0.2, 0.25) is 18.1 Å². The monoisotopic (exact) mass is 274 g/mol. The van der Waals surface area contributed by atoms with Crippen LogP contribution in [0.5, 0.6) is 0 Å². The summed E-state index contributed by atoms with van der Waals surface area (Å²) in [4.78, 5) is 0. The lowest BCUT2D eigenvalue weighted by atomic mass is 10.1. The second kappa shape index (κ2) is 6.41. The van der Waals surface area contributed by atoms with Gasteiger partial charge >= 0.3 is 0 Å². The zero-order chi connectivity index (χ0) is 14.5. The van der Waals surface area contributed by atoms with E-state index in [-0.39, 0.29) is 11.1 Å². The van der Waals surface area contributed by atoms with Gasteiger partial charge in [0.05, 0.1) is 0 Å². The van der Waals surface area contributed by atoms with Crippen molar-refractivity contribution in [2.45, 2.75) is 57.8 Å². The number of terminal acetylenes is 1. The summed E-state index contributed by atoms with van der Waals surface area (Å²) in [5.41, 5.74) is 1.32. The van der Waals surface area contributed by atoms with Gasteiger partial charge in [-0.2, -0.15) is 0 Å². The second-order valence-electron chi connectivity index (χ2n) is 6.56. The number of rotatable bonds is 5. The van der Waals surface area contributed by atoms with Gasteiger partial charge in [-0.05, 0) is 36.5 Å². The molecule has 1 aromatic carbocycles. The van der Waals surface area contributed by atoms with Gasteiger partial charge in [0.1, 0.15) is 6.10 Å². The fourth-order valence-electron chi connectivity index (χ4n) is 1.65. The highest BCUT2D eigenvalue weighted by atomic mass is 28.4. The quantitative estimate of drug-likeness (QED) is 0.561. The highest BCUT2D eigenvalue weighted by Gasteiger charge is 2.38. The molecule has 0 saturated heterocycles. The summed E-state index contributed by atoms with van der Waals surface area (Å²) in [6, 6.07) is 10.4. The maximum Gasteiger partial charge on any atom is 0.193 e. The van der Waals surface area contributed by atoms with E-state index in [1.807, 2.05) is 6.07 Å². The third kappa shape index (κ3) is 4.85.